The number of H-pyrrole nitrogens is 1. The van der Waals surface area contributed by atoms with Gasteiger partial charge in [-0.15, -0.1) is 10.2 Å². The second-order valence-electron chi connectivity index (χ2n) is 5.02. The van der Waals surface area contributed by atoms with Crippen molar-refractivity contribution in [1.82, 2.24) is 19.9 Å². The molecule has 0 bridgehead atoms. The van der Waals surface area contributed by atoms with Crippen LogP contribution < -0.4 is 5.01 Å². The minimum Gasteiger partial charge on any atom is -0.361 e. The van der Waals surface area contributed by atoms with Crippen molar-refractivity contribution >= 4 is 34.4 Å². The molecular formula is C14H11N5S2. The monoisotopic (exact) mass is 313 g/mol. The Morgan fingerprint density at radius 1 is 1.24 bits per heavy atom. The van der Waals surface area contributed by atoms with Crippen molar-refractivity contribution in [2.24, 2.45) is 0 Å². The Hall–Kier alpha value is -1.86. The molecule has 0 fully saturated rings. The molecule has 0 radical (unpaired) electrons. The predicted molar refractivity (Wildman–Crippen MR) is 85.5 cm³/mol. The van der Waals surface area contributed by atoms with E-state index in [1.807, 2.05) is 18.7 Å². The van der Waals surface area contributed by atoms with Gasteiger partial charge in [0.2, 0.25) is 5.16 Å². The molecule has 2 aliphatic heterocycles. The molecule has 104 valence electrons. The first-order chi connectivity index (χ1) is 10.3. The molecule has 2 aliphatic rings. The molecule has 0 unspecified atom stereocenters. The number of fused-ring (bicyclic) bond motifs is 4. The van der Waals surface area contributed by atoms with Crippen LogP contribution in [0.5, 0.6) is 0 Å². The molecule has 0 amide bonds. The molecule has 3 aromatic rings. The van der Waals surface area contributed by atoms with Gasteiger partial charge in [0.25, 0.3) is 0 Å². The maximum atomic E-state index is 4.23. The Bertz CT molecular complexity index is 894. The smallest absolute Gasteiger partial charge is 0.216 e. The van der Waals surface area contributed by atoms with Gasteiger partial charge < -0.3 is 4.98 Å². The highest BCUT2D eigenvalue weighted by atomic mass is 32.2. The van der Waals surface area contributed by atoms with Crippen LogP contribution in [0, 0.1) is 6.92 Å². The highest BCUT2D eigenvalue weighted by Gasteiger charge is 2.39. The third-order valence-electron chi connectivity index (χ3n) is 3.81. The van der Waals surface area contributed by atoms with Crippen LogP contribution >= 0.6 is 23.5 Å². The maximum absolute atomic E-state index is 4.23. The van der Waals surface area contributed by atoms with Gasteiger partial charge in [0, 0.05) is 28.1 Å². The van der Waals surface area contributed by atoms with Crippen LogP contribution in [0.15, 0.2) is 46.1 Å². The number of benzene rings is 1. The third-order valence-corrected chi connectivity index (χ3v) is 5.98. The summed E-state index contributed by atoms with van der Waals surface area (Å²) in [5.74, 6) is 0.924. The van der Waals surface area contributed by atoms with Gasteiger partial charge in [0.1, 0.15) is 10.4 Å². The van der Waals surface area contributed by atoms with E-state index in [1.165, 1.54) is 21.5 Å². The van der Waals surface area contributed by atoms with E-state index < -0.39 is 0 Å². The summed E-state index contributed by atoms with van der Waals surface area (Å²) in [5, 5.41) is 16.6. The van der Waals surface area contributed by atoms with Gasteiger partial charge in [-0.1, -0.05) is 30.0 Å². The molecule has 2 aromatic heterocycles. The normalized spacial score (nSPS) is 20.0. The average Bonchev–Trinajstić information content (AvgIpc) is 3.20. The van der Waals surface area contributed by atoms with E-state index in [2.05, 4.69) is 60.7 Å². The van der Waals surface area contributed by atoms with Gasteiger partial charge in [-0.05, 0) is 24.8 Å². The van der Waals surface area contributed by atoms with Crippen molar-refractivity contribution in [2.75, 3.05) is 5.01 Å². The summed E-state index contributed by atoms with van der Waals surface area (Å²) >= 11 is 3.51. The van der Waals surface area contributed by atoms with E-state index >= 15 is 0 Å². The Kier molecular flexibility index (Phi) is 2.29. The summed E-state index contributed by atoms with van der Waals surface area (Å²) in [6, 6.07) is 8.42. The van der Waals surface area contributed by atoms with E-state index in [4.69, 9.17) is 0 Å². The highest BCUT2D eigenvalue weighted by Crippen LogP contribution is 2.52. The Balaban J connectivity index is 1.67. The van der Waals surface area contributed by atoms with Gasteiger partial charge in [0.15, 0.2) is 5.82 Å². The summed E-state index contributed by atoms with van der Waals surface area (Å²) in [6.45, 7) is 2.00. The van der Waals surface area contributed by atoms with Crippen LogP contribution in [0.25, 0.3) is 10.9 Å². The van der Waals surface area contributed by atoms with Crippen LogP contribution in [0.2, 0.25) is 0 Å². The van der Waals surface area contributed by atoms with Crippen LogP contribution in [-0.2, 0) is 0 Å². The lowest BCUT2D eigenvalue weighted by atomic mass is 10.2. The molecule has 5 rings (SSSR count). The number of aromatic amines is 1. The van der Waals surface area contributed by atoms with E-state index in [1.54, 1.807) is 11.8 Å². The maximum Gasteiger partial charge on any atom is 0.216 e. The Labute approximate surface area is 129 Å². The molecule has 0 spiro atoms. The van der Waals surface area contributed by atoms with Gasteiger partial charge in [-0.25, -0.2) is 4.68 Å². The molecule has 1 aromatic carbocycles. The van der Waals surface area contributed by atoms with Crippen LogP contribution in [0.1, 0.15) is 16.8 Å². The molecule has 0 saturated heterocycles. The first-order valence-corrected chi connectivity index (χ1v) is 8.40. The second-order valence-corrected chi connectivity index (χ2v) is 6.96. The molecule has 1 N–H and O–H groups in total. The molecule has 1 atom stereocenters. The summed E-state index contributed by atoms with van der Waals surface area (Å²) in [7, 11) is 0. The molecule has 7 heteroatoms. The molecule has 4 heterocycles. The number of aryl methyl sites for hydroxylation is 1. The lowest BCUT2D eigenvalue weighted by Gasteiger charge is -2.24. The Morgan fingerprint density at radius 3 is 3.10 bits per heavy atom. The second kappa shape index (κ2) is 4.08. The molecule has 21 heavy (non-hydrogen) atoms. The van der Waals surface area contributed by atoms with Crippen molar-refractivity contribution < 1.29 is 0 Å². The Morgan fingerprint density at radius 2 is 2.14 bits per heavy atom. The number of para-hydroxylation sites is 1. The quantitative estimate of drug-likeness (QED) is 0.746. The molecule has 0 saturated carbocycles. The fraction of sp³-hybridized carbons (Fsp3) is 0.143. The van der Waals surface area contributed by atoms with E-state index in [0.717, 1.165) is 11.0 Å². The van der Waals surface area contributed by atoms with Crippen molar-refractivity contribution in [3.63, 3.8) is 0 Å². The standard InChI is InChI=1S/C14H11N5S2/c1-8-16-17-14-18(8)19-12(21-14)7-20-13(19)10-6-15-11-5-3-2-4-9(10)11/h2-7,13,15H,1H3/t13-/m0/s1. The van der Waals surface area contributed by atoms with Crippen molar-refractivity contribution in [2.45, 2.75) is 17.5 Å². The summed E-state index contributed by atoms with van der Waals surface area (Å²) in [5.41, 5.74) is 2.47. The van der Waals surface area contributed by atoms with E-state index in [9.17, 15) is 0 Å². The molecular weight excluding hydrogens is 302 g/mol. The SMILES string of the molecule is Cc1nnc2n1N1C(=CS[C@H]1c1c[nH]c3ccccc13)S2. The summed E-state index contributed by atoms with van der Waals surface area (Å²) < 4.78 is 2.11. The topological polar surface area (TPSA) is 49.7 Å². The first-order valence-electron chi connectivity index (χ1n) is 6.64. The zero-order valence-corrected chi connectivity index (χ0v) is 12.8. The van der Waals surface area contributed by atoms with E-state index in [0.29, 0.717) is 0 Å². The minimum atomic E-state index is 0.222. The van der Waals surface area contributed by atoms with Crippen molar-refractivity contribution in [3.8, 4) is 0 Å². The molecule has 5 nitrogen and oxygen atoms in total. The zero-order valence-electron chi connectivity index (χ0n) is 11.1. The lowest BCUT2D eigenvalue weighted by molar-refractivity contribution is 0.619. The fourth-order valence-corrected chi connectivity index (χ4v) is 5.17. The number of thioether (sulfide) groups is 2. The number of hydrogen-bond acceptors (Lipinski definition) is 5. The summed E-state index contributed by atoms with van der Waals surface area (Å²) in [6.07, 6.45) is 2.11. The van der Waals surface area contributed by atoms with Crippen LogP contribution in [-0.4, -0.2) is 19.9 Å². The number of aromatic nitrogens is 4. The van der Waals surface area contributed by atoms with E-state index in [-0.39, 0.29) is 5.37 Å². The number of nitrogens with one attached hydrogen (secondary N) is 1. The average molecular weight is 313 g/mol. The van der Waals surface area contributed by atoms with Crippen LogP contribution in [0.4, 0.5) is 0 Å². The fourth-order valence-electron chi connectivity index (χ4n) is 2.87. The van der Waals surface area contributed by atoms with Gasteiger partial charge in [-0.3, -0.25) is 5.01 Å². The predicted octanol–water partition coefficient (Wildman–Crippen LogP) is 3.36. The van der Waals surface area contributed by atoms with Crippen LogP contribution in [0.3, 0.4) is 0 Å². The zero-order chi connectivity index (χ0) is 14.0. The summed E-state index contributed by atoms with van der Waals surface area (Å²) in [4.78, 5) is 3.37. The lowest BCUT2D eigenvalue weighted by Crippen LogP contribution is -2.29. The number of hydrogen-bond donors (Lipinski definition) is 1. The minimum absolute atomic E-state index is 0.222. The third kappa shape index (κ3) is 1.50. The number of rotatable bonds is 1. The number of nitrogens with zero attached hydrogens (tertiary/aromatic N) is 4. The van der Waals surface area contributed by atoms with Gasteiger partial charge in [-0.2, -0.15) is 0 Å². The van der Waals surface area contributed by atoms with Gasteiger partial charge >= 0.3 is 0 Å². The highest BCUT2D eigenvalue weighted by molar-refractivity contribution is 8.07. The first kappa shape index (κ1) is 11.8. The molecule has 0 aliphatic carbocycles. The van der Waals surface area contributed by atoms with Gasteiger partial charge in [0.05, 0.1) is 0 Å². The largest absolute Gasteiger partial charge is 0.361 e. The van der Waals surface area contributed by atoms with Crippen molar-refractivity contribution in [3.05, 3.63) is 52.3 Å². The van der Waals surface area contributed by atoms with Crippen molar-refractivity contribution in [1.29, 1.82) is 0 Å².